The summed E-state index contributed by atoms with van der Waals surface area (Å²) >= 11 is 0. The van der Waals surface area contributed by atoms with Crippen LogP contribution >= 0.6 is 0 Å². The van der Waals surface area contributed by atoms with Gasteiger partial charge >= 0.3 is 5.88 Å². The van der Waals surface area contributed by atoms with Gasteiger partial charge in [0.25, 0.3) is 0 Å². The molecule has 7 heteroatoms. The van der Waals surface area contributed by atoms with Gasteiger partial charge in [0.2, 0.25) is 9.84 Å². The highest BCUT2D eigenvalue weighted by molar-refractivity contribution is 7.91. The molecule has 0 unspecified atom stereocenters. The van der Waals surface area contributed by atoms with E-state index < -0.39 is 20.6 Å². The fourth-order valence-corrected chi connectivity index (χ4v) is 2.71. The predicted molar refractivity (Wildman–Crippen MR) is 67.2 cm³/mol. The summed E-state index contributed by atoms with van der Waals surface area (Å²) in [5.74, 6) is -1.10. The molecule has 0 spiro atoms. The van der Waals surface area contributed by atoms with Crippen LogP contribution in [-0.2, 0) is 16.4 Å². The lowest BCUT2D eigenvalue weighted by Gasteiger charge is -2.15. The van der Waals surface area contributed by atoms with Crippen LogP contribution in [-0.4, -0.2) is 31.2 Å². The summed E-state index contributed by atoms with van der Waals surface area (Å²) in [5, 5.41) is 10.4. The quantitative estimate of drug-likeness (QED) is 0.574. The highest BCUT2D eigenvalue weighted by Gasteiger charge is 2.24. The lowest BCUT2D eigenvalue weighted by atomic mass is 10.2. The number of nitro groups is 1. The predicted octanol–water partition coefficient (Wildman–Crippen LogP) is 1.27. The van der Waals surface area contributed by atoms with Crippen LogP contribution < -0.4 is 0 Å². The molecule has 0 N–H and O–H groups in total. The Bertz CT molecular complexity index is 554. The third-order valence-corrected chi connectivity index (χ3v) is 3.93. The van der Waals surface area contributed by atoms with Crippen molar-refractivity contribution < 1.29 is 13.3 Å². The minimum atomic E-state index is -3.90. The number of hydrogen-bond acceptors (Lipinski definition) is 5. The van der Waals surface area contributed by atoms with Crippen molar-refractivity contribution in [3.63, 3.8) is 0 Å². The van der Waals surface area contributed by atoms with Crippen LogP contribution in [0.25, 0.3) is 0 Å². The lowest BCUT2D eigenvalue weighted by Crippen LogP contribution is -2.18. The highest BCUT2D eigenvalue weighted by atomic mass is 32.2. The van der Waals surface area contributed by atoms with Crippen molar-refractivity contribution in [1.29, 1.82) is 0 Å². The van der Waals surface area contributed by atoms with Crippen molar-refractivity contribution in [1.82, 2.24) is 4.90 Å². The van der Waals surface area contributed by atoms with E-state index in [1.165, 1.54) is 6.07 Å². The van der Waals surface area contributed by atoms with Crippen LogP contribution in [0.2, 0.25) is 0 Å². The van der Waals surface area contributed by atoms with Gasteiger partial charge in [0, 0.05) is 18.5 Å². The standard InChI is InChI=1S/C11H14N2O4S/c1-3-12(2)8-10-6-4-5-7-11(10)18(16,17)9-13(14)15/h3-7H,1,8-9H2,2H3. The van der Waals surface area contributed by atoms with E-state index in [4.69, 9.17) is 0 Å². The Kier molecular flexibility index (Phi) is 4.43. The molecule has 0 aliphatic rings. The lowest BCUT2D eigenvalue weighted by molar-refractivity contribution is -0.458. The number of nitrogens with zero attached hydrogens (tertiary/aromatic N) is 2. The summed E-state index contributed by atoms with van der Waals surface area (Å²) in [7, 11) is -2.16. The Morgan fingerprint density at radius 3 is 2.61 bits per heavy atom. The number of sulfone groups is 1. The van der Waals surface area contributed by atoms with Gasteiger partial charge in [-0.05, 0) is 17.8 Å². The van der Waals surface area contributed by atoms with Crippen molar-refractivity contribution >= 4 is 9.84 Å². The number of rotatable bonds is 6. The summed E-state index contributed by atoms with van der Waals surface area (Å²) in [6, 6.07) is 6.25. The SMILES string of the molecule is C=CN(C)Cc1ccccc1S(=O)(=O)C[N+](=O)[O-]. The molecule has 0 radical (unpaired) electrons. The molecule has 0 aromatic heterocycles. The first kappa shape index (κ1) is 14.2. The molecule has 1 aromatic carbocycles. The molecule has 1 rings (SSSR count). The summed E-state index contributed by atoms with van der Waals surface area (Å²) in [6.45, 7) is 3.90. The highest BCUT2D eigenvalue weighted by Crippen LogP contribution is 2.18. The van der Waals surface area contributed by atoms with E-state index in [-0.39, 0.29) is 4.90 Å². The Morgan fingerprint density at radius 1 is 1.44 bits per heavy atom. The van der Waals surface area contributed by atoms with Crippen LogP contribution in [0, 0.1) is 10.1 Å². The summed E-state index contributed by atoms with van der Waals surface area (Å²) in [6.07, 6.45) is 1.55. The third kappa shape index (κ3) is 3.56. The average Bonchev–Trinajstić information content (AvgIpc) is 2.27. The molecule has 0 bridgehead atoms. The normalized spacial score (nSPS) is 10.9. The Morgan fingerprint density at radius 2 is 2.06 bits per heavy atom. The molecule has 18 heavy (non-hydrogen) atoms. The molecule has 1 aromatic rings. The van der Waals surface area contributed by atoms with E-state index in [0.29, 0.717) is 12.1 Å². The van der Waals surface area contributed by atoms with Crippen molar-refractivity contribution in [3.05, 3.63) is 52.7 Å². The van der Waals surface area contributed by atoms with Gasteiger partial charge in [-0.3, -0.25) is 10.1 Å². The second-order valence-corrected chi connectivity index (χ2v) is 5.71. The van der Waals surface area contributed by atoms with Crippen molar-refractivity contribution in [2.45, 2.75) is 11.4 Å². The zero-order valence-electron chi connectivity index (χ0n) is 9.94. The summed E-state index contributed by atoms with van der Waals surface area (Å²) in [5.41, 5.74) is 0.516. The fraction of sp³-hybridized carbons (Fsp3) is 0.273. The smallest absolute Gasteiger partial charge is 0.305 e. The molecule has 0 fully saturated rings. The van der Waals surface area contributed by atoms with Crippen molar-refractivity contribution in [2.75, 3.05) is 12.9 Å². The van der Waals surface area contributed by atoms with E-state index >= 15 is 0 Å². The average molecular weight is 270 g/mol. The molecule has 0 aliphatic heterocycles. The minimum absolute atomic E-state index is 0.00426. The van der Waals surface area contributed by atoms with E-state index in [1.54, 1.807) is 36.3 Å². The van der Waals surface area contributed by atoms with Crippen LogP contribution in [0.3, 0.4) is 0 Å². The van der Waals surface area contributed by atoms with Gasteiger partial charge in [0.15, 0.2) is 0 Å². The van der Waals surface area contributed by atoms with E-state index in [0.717, 1.165) is 0 Å². The van der Waals surface area contributed by atoms with Crippen molar-refractivity contribution in [3.8, 4) is 0 Å². The van der Waals surface area contributed by atoms with Crippen LogP contribution in [0.5, 0.6) is 0 Å². The number of hydrogen-bond donors (Lipinski definition) is 0. The van der Waals surface area contributed by atoms with Gasteiger partial charge in [0.1, 0.15) is 0 Å². The largest absolute Gasteiger partial charge is 0.377 e. The Hall–Kier alpha value is -1.89. The molecule has 98 valence electrons. The zero-order valence-corrected chi connectivity index (χ0v) is 10.8. The van der Waals surface area contributed by atoms with E-state index in [1.807, 2.05) is 0 Å². The summed E-state index contributed by atoms with van der Waals surface area (Å²) in [4.78, 5) is 11.2. The molecular formula is C11H14N2O4S. The van der Waals surface area contributed by atoms with Gasteiger partial charge in [-0.1, -0.05) is 24.8 Å². The molecule has 6 nitrogen and oxygen atoms in total. The van der Waals surface area contributed by atoms with Gasteiger partial charge in [-0.15, -0.1) is 0 Å². The first-order valence-electron chi connectivity index (χ1n) is 5.12. The molecule has 0 saturated heterocycles. The van der Waals surface area contributed by atoms with Crippen LogP contribution in [0.1, 0.15) is 5.56 Å². The van der Waals surface area contributed by atoms with Crippen molar-refractivity contribution in [2.24, 2.45) is 0 Å². The third-order valence-electron chi connectivity index (χ3n) is 2.31. The Balaban J connectivity index is 3.16. The van der Waals surface area contributed by atoms with Gasteiger partial charge in [-0.2, -0.15) is 0 Å². The fourth-order valence-electron chi connectivity index (χ4n) is 1.48. The second kappa shape index (κ2) is 5.63. The molecule has 0 atom stereocenters. The maximum atomic E-state index is 11.8. The molecule has 0 heterocycles. The molecule has 0 amide bonds. The maximum absolute atomic E-state index is 11.8. The zero-order chi connectivity index (χ0) is 13.8. The van der Waals surface area contributed by atoms with Gasteiger partial charge in [-0.25, -0.2) is 8.42 Å². The first-order valence-corrected chi connectivity index (χ1v) is 6.77. The summed E-state index contributed by atoms with van der Waals surface area (Å²) < 4.78 is 23.7. The topological polar surface area (TPSA) is 80.5 Å². The minimum Gasteiger partial charge on any atom is -0.377 e. The maximum Gasteiger partial charge on any atom is 0.305 e. The van der Waals surface area contributed by atoms with E-state index in [9.17, 15) is 18.5 Å². The number of benzene rings is 1. The van der Waals surface area contributed by atoms with Gasteiger partial charge in [0.05, 0.1) is 4.90 Å². The first-order chi connectivity index (χ1) is 8.36. The molecular weight excluding hydrogens is 256 g/mol. The van der Waals surface area contributed by atoms with Crippen LogP contribution in [0.4, 0.5) is 0 Å². The van der Waals surface area contributed by atoms with Gasteiger partial charge < -0.3 is 4.90 Å². The van der Waals surface area contributed by atoms with E-state index in [2.05, 4.69) is 6.58 Å². The van der Waals surface area contributed by atoms with Crippen LogP contribution in [0.15, 0.2) is 41.9 Å². The monoisotopic (exact) mass is 270 g/mol. The second-order valence-electron chi connectivity index (χ2n) is 3.78. The molecule has 0 saturated carbocycles. The molecule has 0 aliphatic carbocycles. The Labute approximate surface area is 106 Å².